The Bertz CT molecular complexity index is 973. The summed E-state index contributed by atoms with van der Waals surface area (Å²) in [5.74, 6) is 0.955. The van der Waals surface area contributed by atoms with Crippen LogP contribution in [0, 0.1) is 6.92 Å². The number of nitrogens with zero attached hydrogens (tertiary/aromatic N) is 4. The van der Waals surface area contributed by atoms with Gasteiger partial charge in [0.2, 0.25) is 11.8 Å². The summed E-state index contributed by atoms with van der Waals surface area (Å²) in [5, 5.41) is 2.98. The molecule has 0 saturated carbocycles. The first kappa shape index (κ1) is 18.0. The van der Waals surface area contributed by atoms with E-state index in [0.717, 1.165) is 29.7 Å². The summed E-state index contributed by atoms with van der Waals surface area (Å²) in [6.07, 6.45) is 6.69. The van der Waals surface area contributed by atoms with Crippen molar-refractivity contribution in [1.82, 2.24) is 19.9 Å². The van der Waals surface area contributed by atoms with Crippen LogP contribution < -0.4 is 11.1 Å². The summed E-state index contributed by atoms with van der Waals surface area (Å²) in [7, 11) is 0. The highest BCUT2D eigenvalue weighted by Gasteiger charge is 2.26. The lowest BCUT2D eigenvalue weighted by atomic mass is 9.95. The minimum atomic E-state index is -0.131. The number of nitrogen functional groups attached to an aromatic ring is 1. The van der Waals surface area contributed by atoms with Gasteiger partial charge < -0.3 is 20.4 Å². The fourth-order valence-electron chi connectivity index (χ4n) is 3.51. The van der Waals surface area contributed by atoms with Gasteiger partial charge in [-0.2, -0.15) is 0 Å². The number of hydrogen-bond donors (Lipinski definition) is 2. The lowest BCUT2D eigenvalue weighted by Gasteiger charge is -2.32. The van der Waals surface area contributed by atoms with Crippen molar-refractivity contribution in [3.8, 4) is 11.5 Å². The van der Waals surface area contributed by atoms with Crippen molar-refractivity contribution in [3.05, 3.63) is 54.2 Å². The number of amides is 2. The first-order valence-corrected chi connectivity index (χ1v) is 9.25. The van der Waals surface area contributed by atoms with Gasteiger partial charge in [-0.05, 0) is 43.5 Å². The van der Waals surface area contributed by atoms with Gasteiger partial charge >= 0.3 is 6.03 Å². The second kappa shape index (κ2) is 7.67. The van der Waals surface area contributed by atoms with Crippen LogP contribution in [0.15, 0.2) is 47.3 Å². The molecule has 1 fully saturated rings. The van der Waals surface area contributed by atoms with Crippen LogP contribution in [0.25, 0.3) is 11.5 Å². The van der Waals surface area contributed by atoms with E-state index in [1.54, 1.807) is 12.4 Å². The van der Waals surface area contributed by atoms with Crippen LogP contribution in [-0.2, 0) is 0 Å². The average molecular weight is 378 g/mol. The molecule has 2 amide bonds. The van der Waals surface area contributed by atoms with Crippen molar-refractivity contribution in [2.24, 2.45) is 0 Å². The number of nitrogens with one attached hydrogen (secondary N) is 1. The summed E-state index contributed by atoms with van der Waals surface area (Å²) in [4.78, 5) is 27.1. The fraction of sp³-hybridized carbons (Fsp3) is 0.300. The standard InChI is InChI=1S/C20H22N6O2/c1-13-4-5-15(11-16(13)18-22-8-10-28-18)24-20(27)26-9-2-3-14(12-26)17-6-7-23-19(21)25-17/h4-8,10-11,14H,2-3,9,12H2,1H3,(H,24,27)(H2,21,23,25). The van der Waals surface area contributed by atoms with Crippen molar-refractivity contribution < 1.29 is 9.21 Å². The van der Waals surface area contributed by atoms with Crippen molar-refractivity contribution in [2.45, 2.75) is 25.7 Å². The van der Waals surface area contributed by atoms with E-state index in [-0.39, 0.29) is 17.9 Å². The van der Waals surface area contributed by atoms with Gasteiger partial charge in [0, 0.05) is 36.5 Å². The molecule has 1 aliphatic rings. The summed E-state index contributed by atoms with van der Waals surface area (Å²) >= 11 is 0. The smallest absolute Gasteiger partial charge is 0.321 e. The van der Waals surface area contributed by atoms with Gasteiger partial charge in [0.15, 0.2) is 0 Å². The van der Waals surface area contributed by atoms with Crippen molar-refractivity contribution >= 4 is 17.7 Å². The highest BCUT2D eigenvalue weighted by Crippen LogP contribution is 2.28. The van der Waals surface area contributed by atoms with Gasteiger partial charge in [-0.25, -0.2) is 19.7 Å². The van der Waals surface area contributed by atoms with Gasteiger partial charge in [0.05, 0.1) is 11.9 Å². The Morgan fingerprint density at radius 2 is 2.18 bits per heavy atom. The molecule has 144 valence electrons. The maximum absolute atomic E-state index is 12.8. The molecule has 1 aliphatic heterocycles. The van der Waals surface area contributed by atoms with Gasteiger partial charge in [0.1, 0.15) is 6.26 Å². The van der Waals surface area contributed by atoms with Crippen molar-refractivity contribution in [2.75, 3.05) is 24.1 Å². The van der Waals surface area contributed by atoms with Gasteiger partial charge in [0.25, 0.3) is 0 Å². The van der Waals surface area contributed by atoms with Crippen molar-refractivity contribution in [1.29, 1.82) is 0 Å². The number of aromatic nitrogens is 3. The Balaban J connectivity index is 1.47. The number of rotatable bonds is 3. The number of nitrogens with two attached hydrogens (primary N) is 1. The second-order valence-electron chi connectivity index (χ2n) is 6.92. The van der Waals surface area contributed by atoms with E-state index in [0.29, 0.717) is 24.7 Å². The highest BCUT2D eigenvalue weighted by molar-refractivity contribution is 5.90. The Labute approximate surface area is 162 Å². The number of oxazole rings is 1. The van der Waals surface area contributed by atoms with E-state index in [2.05, 4.69) is 20.3 Å². The number of urea groups is 1. The predicted molar refractivity (Wildman–Crippen MR) is 106 cm³/mol. The van der Waals surface area contributed by atoms with Crippen LogP contribution >= 0.6 is 0 Å². The molecule has 3 aromatic rings. The van der Waals surface area contributed by atoms with E-state index in [9.17, 15) is 4.79 Å². The molecule has 2 aromatic heterocycles. The van der Waals surface area contributed by atoms with Crippen LogP contribution in [0.5, 0.6) is 0 Å². The van der Waals surface area contributed by atoms with Crippen molar-refractivity contribution in [3.63, 3.8) is 0 Å². The first-order chi connectivity index (χ1) is 13.6. The maximum atomic E-state index is 12.8. The molecule has 8 nitrogen and oxygen atoms in total. The number of carbonyl (C=O) groups is 1. The third-order valence-corrected chi connectivity index (χ3v) is 4.97. The number of benzene rings is 1. The van der Waals surface area contributed by atoms with Crippen LogP contribution in [0.3, 0.4) is 0 Å². The summed E-state index contributed by atoms with van der Waals surface area (Å²) in [6, 6.07) is 7.44. The Morgan fingerprint density at radius 3 is 2.96 bits per heavy atom. The molecule has 4 rings (SSSR count). The molecular formula is C20H22N6O2. The minimum Gasteiger partial charge on any atom is -0.445 e. The molecule has 1 saturated heterocycles. The van der Waals surface area contributed by atoms with Gasteiger partial charge in [-0.3, -0.25) is 0 Å². The Kier molecular flexibility index (Phi) is 4.92. The zero-order valence-electron chi connectivity index (χ0n) is 15.6. The highest BCUT2D eigenvalue weighted by atomic mass is 16.3. The zero-order valence-corrected chi connectivity index (χ0v) is 15.6. The minimum absolute atomic E-state index is 0.131. The van der Waals surface area contributed by atoms with Gasteiger partial charge in [-0.15, -0.1) is 0 Å². The summed E-state index contributed by atoms with van der Waals surface area (Å²) < 4.78 is 5.39. The van der Waals surface area contributed by atoms with Gasteiger partial charge in [-0.1, -0.05) is 6.07 Å². The third kappa shape index (κ3) is 3.80. The number of anilines is 2. The molecule has 3 heterocycles. The largest absolute Gasteiger partial charge is 0.445 e. The second-order valence-corrected chi connectivity index (χ2v) is 6.92. The van der Waals surface area contributed by atoms with E-state index < -0.39 is 0 Å². The molecule has 1 atom stereocenters. The van der Waals surface area contributed by atoms with Crippen LogP contribution in [0.1, 0.15) is 30.0 Å². The summed E-state index contributed by atoms with van der Waals surface area (Å²) in [6.45, 7) is 3.29. The molecule has 0 bridgehead atoms. The Morgan fingerprint density at radius 1 is 1.29 bits per heavy atom. The Hall–Kier alpha value is -3.42. The predicted octanol–water partition coefficient (Wildman–Crippen LogP) is 3.43. The maximum Gasteiger partial charge on any atom is 0.321 e. The molecular weight excluding hydrogens is 356 g/mol. The normalized spacial score (nSPS) is 16.8. The lowest BCUT2D eigenvalue weighted by molar-refractivity contribution is 0.192. The molecule has 0 aliphatic carbocycles. The summed E-state index contributed by atoms with van der Waals surface area (Å²) in [5.41, 5.74) is 9.17. The molecule has 1 aromatic carbocycles. The average Bonchev–Trinajstić information content (AvgIpc) is 3.24. The third-order valence-electron chi connectivity index (χ3n) is 4.97. The van der Waals surface area contributed by atoms with E-state index >= 15 is 0 Å². The molecule has 28 heavy (non-hydrogen) atoms. The number of hydrogen-bond acceptors (Lipinski definition) is 6. The zero-order chi connectivity index (χ0) is 19.5. The molecule has 3 N–H and O–H groups in total. The first-order valence-electron chi connectivity index (χ1n) is 9.25. The quantitative estimate of drug-likeness (QED) is 0.722. The number of likely N-dealkylation sites (tertiary alicyclic amines) is 1. The van der Waals surface area contributed by atoms with Crippen LogP contribution in [0.2, 0.25) is 0 Å². The van der Waals surface area contributed by atoms with Crippen LogP contribution in [-0.4, -0.2) is 39.0 Å². The molecule has 8 heteroatoms. The van der Waals surface area contributed by atoms with E-state index in [4.69, 9.17) is 10.2 Å². The SMILES string of the molecule is Cc1ccc(NC(=O)N2CCCC(c3ccnc(N)n3)C2)cc1-c1ncco1. The van der Waals surface area contributed by atoms with E-state index in [1.165, 1.54) is 6.26 Å². The molecule has 0 radical (unpaired) electrons. The van der Waals surface area contributed by atoms with Crippen LogP contribution in [0.4, 0.5) is 16.4 Å². The topological polar surface area (TPSA) is 110 Å². The number of piperidine rings is 1. The fourth-order valence-corrected chi connectivity index (χ4v) is 3.51. The lowest BCUT2D eigenvalue weighted by Crippen LogP contribution is -2.41. The number of carbonyl (C=O) groups excluding carboxylic acids is 1. The monoisotopic (exact) mass is 378 g/mol. The molecule has 1 unspecified atom stereocenters. The molecule has 0 spiro atoms. The van der Waals surface area contributed by atoms with E-state index in [1.807, 2.05) is 36.1 Å². The number of aryl methyl sites for hydroxylation is 1.